The molecule has 0 N–H and O–H groups in total. The number of halogens is 1. The third-order valence-electron chi connectivity index (χ3n) is 2.10. The first kappa shape index (κ1) is 9.33. The van der Waals surface area contributed by atoms with E-state index in [1.165, 1.54) is 6.07 Å². The molecule has 0 bridgehead atoms. The second-order valence-corrected chi connectivity index (χ2v) is 5.32. The van der Waals surface area contributed by atoms with Crippen molar-refractivity contribution in [2.45, 2.75) is 5.75 Å². The zero-order valence-electron chi connectivity index (χ0n) is 7.16. The molecule has 0 unspecified atom stereocenters. The maximum absolute atomic E-state index is 12.8. The Hall–Kier alpha value is -1.23. The van der Waals surface area contributed by atoms with Crippen LogP contribution in [0.5, 0.6) is 0 Å². The largest absolute Gasteiger partial charge is 0.293 e. The van der Waals surface area contributed by atoms with Crippen LogP contribution in [-0.4, -0.2) is 20.0 Å². The van der Waals surface area contributed by atoms with Crippen molar-refractivity contribution < 1.29 is 17.6 Å². The van der Waals surface area contributed by atoms with E-state index < -0.39 is 27.2 Å². The highest BCUT2D eigenvalue weighted by atomic mass is 32.2. The molecule has 0 fully saturated rings. The Morgan fingerprint density at radius 2 is 1.93 bits per heavy atom. The first-order chi connectivity index (χ1) is 6.48. The van der Waals surface area contributed by atoms with E-state index in [2.05, 4.69) is 0 Å². The normalized spacial score (nSPS) is 19.1. The summed E-state index contributed by atoms with van der Waals surface area (Å²) >= 11 is 0. The Kier molecular flexibility index (Phi) is 1.92. The fraction of sp³-hybridized carbons (Fsp3) is 0.222. The van der Waals surface area contributed by atoms with E-state index in [0.29, 0.717) is 5.56 Å². The predicted octanol–water partition coefficient (Wildman–Crippen LogP) is 0.937. The van der Waals surface area contributed by atoms with Crippen molar-refractivity contribution in [3.05, 3.63) is 35.1 Å². The first-order valence-corrected chi connectivity index (χ1v) is 5.82. The fourth-order valence-corrected chi connectivity index (χ4v) is 2.88. The second-order valence-electron chi connectivity index (χ2n) is 3.26. The van der Waals surface area contributed by atoms with Gasteiger partial charge in [-0.2, -0.15) is 0 Å². The summed E-state index contributed by atoms with van der Waals surface area (Å²) in [7, 11) is -3.33. The molecule has 0 radical (unpaired) electrons. The van der Waals surface area contributed by atoms with Crippen molar-refractivity contribution in [2.24, 2.45) is 0 Å². The molecule has 0 spiro atoms. The molecular formula is C9H7FO3S. The lowest BCUT2D eigenvalue weighted by Gasteiger charge is -2.14. The molecule has 0 saturated carbocycles. The first-order valence-electron chi connectivity index (χ1n) is 4.00. The van der Waals surface area contributed by atoms with Crippen molar-refractivity contribution >= 4 is 15.6 Å². The molecule has 1 heterocycles. The van der Waals surface area contributed by atoms with Crippen LogP contribution in [0.4, 0.5) is 4.39 Å². The standard InChI is InChI=1S/C9H7FO3S/c10-7-2-1-6-4-14(12,13)5-9(11)8(6)3-7/h1-3H,4-5H2. The van der Waals surface area contributed by atoms with Gasteiger partial charge in [0.15, 0.2) is 15.6 Å². The molecule has 1 aliphatic rings. The SMILES string of the molecule is O=C1CS(=O)(=O)Cc2ccc(F)cc21. The van der Waals surface area contributed by atoms with Crippen molar-refractivity contribution in [2.75, 3.05) is 5.75 Å². The highest BCUT2D eigenvalue weighted by Crippen LogP contribution is 2.21. The molecule has 74 valence electrons. The maximum atomic E-state index is 12.8. The Morgan fingerprint density at radius 1 is 1.21 bits per heavy atom. The van der Waals surface area contributed by atoms with Gasteiger partial charge in [-0.25, -0.2) is 12.8 Å². The minimum Gasteiger partial charge on any atom is -0.293 e. The molecule has 3 nitrogen and oxygen atoms in total. The van der Waals surface area contributed by atoms with Crippen molar-refractivity contribution in [1.82, 2.24) is 0 Å². The van der Waals surface area contributed by atoms with Gasteiger partial charge in [-0.3, -0.25) is 4.79 Å². The number of benzene rings is 1. The fourth-order valence-electron chi connectivity index (χ4n) is 1.50. The second kappa shape index (κ2) is 2.88. The lowest BCUT2D eigenvalue weighted by molar-refractivity contribution is 0.101. The number of Topliss-reactive ketones (excluding diaryl/α,β-unsaturated/α-hetero) is 1. The highest BCUT2D eigenvalue weighted by molar-refractivity contribution is 7.91. The van der Waals surface area contributed by atoms with Gasteiger partial charge in [-0.1, -0.05) is 6.07 Å². The summed E-state index contributed by atoms with van der Waals surface area (Å²) in [4.78, 5) is 11.3. The van der Waals surface area contributed by atoms with Crippen molar-refractivity contribution in [3.8, 4) is 0 Å². The number of rotatable bonds is 0. The monoisotopic (exact) mass is 214 g/mol. The number of carbonyl (C=O) groups excluding carboxylic acids is 1. The van der Waals surface area contributed by atoms with E-state index in [-0.39, 0.29) is 11.3 Å². The van der Waals surface area contributed by atoms with Crippen LogP contribution in [0.15, 0.2) is 18.2 Å². The van der Waals surface area contributed by atoms with Crippen LogP contribution in [0.2, 0.25) is 0 Å². The van der Waals surface area contributed by atoms with Crippen molar-refractivity contribution in [3.63, 3.8) is 0 Å². The molecule has 5 heteroatoms. The average molecular weight is 214 g/mol. The van der Waals surface area contributed by atoms with Gasteiger partial charge in [-0.15, -0.1) is 0 Å². The van der Waals surface area contributed by atoms with Crippen LogP contribution in [0.1, 0.15) is 15.9 Å². The lowest BCUT2D eigenvalue weighted by atomic mass is 10.1. The average Bonchev–Trinajstić information content (AvgIpc) is 2.05. The Bertz CT molecular complexity index is 505. The number of hydrogen-bond donors (Lipinski definition) is 0. The van der Waals surface area contributed by atoms with Gasteiger partial charge in [0, 0.05) is 5.56 Å². The Labute approximate surface area is 80.5 Å². The van der Waals surface area contributed by atoms with Gasteiger partial charge in [-0.05, 0) is 17.7 Å². The summed E-state index contributed by atoms with van der Waals surface area (Å²) in [6, 6.07) is 3.60. The molecule has 0 amide bonds. The van der Waals surface area contributed by atoms with Gasteiger partial charge in [0.2, 0.25) is 0 Å². The molecule has 1 aromatic carbocycles. The van der Waals surface area contributed by atoms with E-state index in [1.807, 2.05) is 0 Å². The van der Waals surface area contributed by atoms with E-state index in [9.17, 15) is 17.6 Å². The zero-order valence-corrected chi connectivity index (χ0v) is 7.97. The predicted molar refractivity (Wildman–Crippen MR) is 48.2 cm³/mol. The van der Waals surface area contributed by atoms with E-state index in [4.69, 9.17) is 0 Å². The van der Waals surface area contributed by atoms with Crippen LogP contribution in [0.3, 0.4) is 0 Å². The zero-order chi connectivity index (χ0) is 10.3. The molecule has 0 atom stereocenters. The quantitative estimate of drug-likeness (QED) is 0.645. The molecule has 0 aromatic heterocycles. The van der Waals surface area contributed by atoms with Crippen LogP contribution < -0.4 is 0 Å². The number of hydrogen-bond acceptors (Lipinski definition) is 3. The summed E-state index contributed by atoms with van der Waals surface area (Å²) in [5.74, 6) is -1.72. The van der Waals surface area contributed by atoms with Gasteiger partial charge in [0.25, 0.3) is 0 Å². The summed E-state index contributed by atoms with van der Waals surface area (Å²) in [6.45, 7) is 0. The molecule has 0 aliphatic carbocycles. The number of ketones is 1. The Morgan fingerprint density at radius 3 is 2.64 bits per heavy atom. The summed E-state index contributed by atoms with van der Waals surface area (Å²) in [5.41, 5.74) is 0.586. The summed E-state index contributed by atoms with van der Waals surface area (Å²) in [6.07, 6.45) is 0. The molecule has 1 aromatic rings. The van der Waals surface area contributed by atoms with Gasteiger partial charge < -0.3 is 0 Å². The number of fused-ring (bicyclic) bond motifs is 1. The van der Waals surface area contributed by atoms with Gasteiger partial charge >= 0.3 is 0 Å². The minimum absolute atomic E-state index is 0.172. The third kappa shape index (κ3) is 1.55. The topological polar surface area (TPSA) is 51.2 Å². The highest BCUT2D eigenvalue weighted by Gasteiger charge is 2.27. The minimum atomic E-state index is -3.33. The van der Waals surface area contributed by atoms with Gasteiger partial charge in [0.1, 0.15) is 11.6 Å². The Balaban J connectivity index is 2.62. The lowest BCUT2D eigenvalue weighted by Crippen LogP contribution is -2.25. The van der Waals surface area contributed by atoms with Crippen LogP contribution >= 0.6 is 0 Å². The van der Waals surface area contributed by atoms with E-state index in [0.717, 1.165) is 12.1 Å². The molecule has 1 aliphatic heterocycles. The van der Waals surface area contributed by atoms with Crippen LogP contribution in [0, 0.1) is 5.82 Å². The van der Waals surface area contributed by atoms with E-state index >= 15 is 0 Å². The van der Waals surface area contributed by atoms with Crippen molar-refractivity contribution in [1.29, 1.82) is 0 Å². The number of carbonyl (C=O) groups is 1. The summed E-state index contributed by atoms with van der Waals surface area (Å²) < 4.78 is 35.1. The van der Waals surface area contributed by atoms with Crippen LogP contribution in [0.25, 0.3) is 0 Å². The molecule has 2 rings (SSSR count). The smallest absolute Gasteiger partial charge is 0.178 e. The summed E-state index contributed by atoms with van der Waals surface area (Å²) in [5, 5.41) is 0. The molecule has 0 saturated heterocycles. The van der Waals surface area contributed by atoms with Crippen LogP contribution in [-0.2, 0) is 15.6 Å². The maximum Gasteiger partial charge on any atom is 0.178 e. The number of sulfone groups is 1. The third-order valence-corrected chi connectivity index (χ3v) is 3.55. The van der Waals surface area contributed by atoms with E-state index in [1.54, 1.807) is 0 Å². The molecule has 14 heavy (non-hydrogen) atoms. The molecular weight excluding hydrogens is 207 g/mol. The van der Waals surface area contributed by atoms with Gasteiger partial charge in [0.05, 0.1) is 5.75 Å².